The third-order valence-corrected chi connectivity index (χ3v) is 2.73. The first-order chi connectivity index (χ1) is 7.09. The molecule has 2 rings (SSSR count). The van der Waals surface area contributed by atoms with Gasteiger partial charge in [-0.25, -0.2) is 9.18 Å². The highest BCUT2D eigenvalue weighted by molar-refractivity contribution is 5.87. The molecule has 0 heterocycles. The number of carbonyl (C=O) groups is 1. The third kappa shape index (κ3) is 1.99. The summed E-state index contributed by atoms with van der Waals surface area (Å²) in [6.45, 7) is 0. The number of nitrogens with two attached hydrogens (primary N) is 1. The smallest absolute Gasteiger partial charge is 0.335 e. The molecule has 0 amide bonds. The molecule has 0 aliphatic heterocycles. The lowest BCUT2D eigenvalue weighted by Gasteiger charge is -2.12. The molecule has 3 N–H and O–H groups in total. The van der Waals surface area contributed by atoms with Crippen LogP contribution in [-0.4, -0.2) is 11.1 Å². The predicted octanol–water partition coefficient (Wildman–Crippen LogP) is 1.93. The molecule has 0 aromatic heterocycles. The van der Waals surface area contributed by atoms with Crippen molar-refractivity contribution >= 4 is 5.97 Å². The van der Waals surface area contributed by atoms with E-state index in [0.29, 0.717) is 11.5 Å². The van der Waals surface area contributed by atoms with E-state index in [2.05, 4.69) is 0 Å². The van der Waals surface area contributed by atoms with Crippen LogP contribution in [0.25, 0.3) is 0 Å². The predicted molar refractivity (Wildman–Crippen MR) is 53.0 cm³/mol. The summed E-state index contributed by atoms with van der Waals surface area (Å²) in [6, 6.07) is 3.38. The summed E-state index contributed by atoms with van der Waals surface area (Å²) >= 11 is 0. The summed E-state index contributed by atoms with van der Waals surface area (Å²) in [5.41, 5.74) is 6.24. The number of rotatable bonds is 3. The number of aromatic carboxylic acids is 1. The van der Waals surface area contributed by atoms with Gasteiger partial charge >= 0.3 is 5.97 Å². The fraction of sp³-hybridized carbons (Fsp3) is 0.364. The van der Waals surface area contributed by atoms with Gasteiger partial charge in [0, 0.05) is 11.6 Å². The first kappa shape index (κ1) is 10.1. The standard InChI is InChI=1S/C11H12FNO2/c12-9-4-3-7(11(14)15)5-8(9)10(13)6-1-2-6/h3-6,10H,1-2,13H2,(H,14,15). The second-order valence-corrected chi connectivity index (χ2v) is 3.90. The van der Waals surface area contributed by atoms with Gasteiger partial charge in [-0.3, -0.25) is 0 Å². The molecule has 1 fully saturated rings. The van der Waals surface area contributed by atoms with Crippen LogP contribution in [0.15, 0.2) is 18.2 Å². The van der Waals surface area contributed by atoms with Crippen molar-refractivity contribution in [3.8, 4) is 0 Å². The molecular formula is C11H12FNO2. The summed E-state index contributed by atoms with van der Waals surface area (Å²) in [5.74, 6) is -1.16. The van der Waals surface area contributed by atoms with E-state index in [0.717, 1.165) is 12.8 Å². The minimum Gasteiger partial charge on any atom is -0.478 e. The van der Waals surface area contributed by atoms with Crippen molar-refractivity contribution in [2.75, 3.05) is 0 Å². The highest BCUT2D eigenvalue weighted by Gasteiger charge is 2.31. The van der Waals surface area contributed by atoms with E-state index in [9.17, 15) is 9.18 Å². The quantitative estimate of drug-likeness (QED) is 0.799. The van der Waals surface area contributed by atoms with Gasteiger partial charge in [0.25, 0.3) is 0 Å². The van der Waals surface area contributed by atoms with Crippen LogP contribution in [0, 0.1) is 11.7 Å². The van der Waals surface area contributed by atoms with E-state index in [-0.39, 0.29) is 11.6 Å². The van der Waals surface area contributed by atoms with Gasteiger partial charge in [0.2, 0.25) is 0 Å². The van der Waals surface area contributed by atoms with E-state index >= 15 is 0 Å². The molecule has 1 aromatic rings. The average molecular weight is 209 g/mol. The topological polar surface area (TPSA) is 63.3 Å². The second kappa shape index (κ2) is 3.62. The Bertz CT molecular complexity index is 402. The molecule has 4 heteroatoms. The Balaban J connectivity index is 2.35. The fourth-order valence-corrected chi connectivity index (χ4v) is 1.64. The van der Waals surface area contributed by atoms with Crippen LogP contribution in [0.2, 0.25) is 0 Å². The molecule has 80 valence electrons. The maximum absolute atomic E-state index is 13.4. The molecule has 15 heavy (non-hydrogen) atoms. The van der Waals surface area contributed by atoms with Gasteiger partial charge in [-0.2, -0.15) is 0 Å². The van der Waals surface area contributed by atoms with Crippen molar-refractivity contribution in [1.82, 2.24) is 0 Å². The Morgan fingerprint density at radius 2 is 2.20 bits per heavy atom. The zero-order valence-electron chi connectivity index (χ0n) is 8.11. The zero-order chi connectivity index (χ0) is 11.0. The number of benzene rings is 1. The summed E-state index contributed by atoms with van der Waals surface area (Å²) in [4.78, 5) is 10.7. The van der Waals surface area contributed by atoms with Crippen molar-refractivity contribution < 1.29 is 14.3 Å². The van der Waals surface area contributed by atoms with Gasteiger partial charge in [0.15, 0.2) is 0 Å². The molecule has 0 saturated heterocycles. The third-order valence-electron chi connectivity index (χ3n) is 2.73. The van der Waals surface area contributed by atoms with Crippen molar-refractivity contribution in [3.63, 3.8) is 0 Å². The maximum atomic E-state index is 13.4. The molecule has 3 nitrogen and oxygen atoms in total. The SMILES string of the molecule is NC(c1cc(C(=O)O)ccc1F)C1CC1. The molecular weight excluding hydrogens is 197 g/mol. The lowest BCUT2D eigenvalue weighted by molar-refractivity contribution is 0.0696. The normalized spacial score (nSPS) is 17.5. The average Bonchev–Trinajstić information content (AvgIpc) is 3.00. The van der Waals surface area contributed by atoms with E-state index in [1.807, 2.05) is 0 Å². The summed E-state index contributed by atoms with van der Waals surface area (Å²) < 4.78 is 13.4. The Morgan fingerprint density at radius 1 is 1.53 bits per heavy atom. The number of carboxylic acid groups (broad SMARTS) is 1. The lowest BCUT2D eigenvalue weighted by Crippen LogP contribution is -2.15. The van der Waals surface area contributed by atoms with Crippen LogP contribution < -0.4 is 5.73 Å². The van der Waals surface area contributed by atoms with Crippen LogP contribution >= 0.6 is 0 Å². The van der Waals surface area contributed by atoms with Crippen LogP contribution in [0.4, 0.5) is 4.39 Å². The second-order valence-electron chi connectivity index (χ2n) is 3.90. The molecule has 0 spiro atoms. The van der Waals surface area contributed by atoms with Gasteiger partial charge in [-0.05, 0) is 37.0 Å². The largest absolute Gasteiger partial charge is 0.478 e. The summed E-state index contributed by atoms with van der Waals surface area (Å²) in [5, 5.41) is 8.77. The maximum Gasteiger partial charge on any atom is 0.335 e. The molecule has 0 radical (unpaired) electrons. The van der Waals surface area contributed by atoms with E-state index in [1.165, 1.54) is 18.2 Å². The van der Waals surface area contributed by atoms with Gasteiger partial charge in [-0.15, -0.1) is 0 Å². The first-order valence-corrected chi connectivity index (χ1v) is 4.88. The van der Waals surface area contributed by atoms with Gasteiger partial charge < -0.3 is 10.8 Å². The molecule has 1 aliphatic carbocycles. The monoisotopic (exact) mass is 209 g/mol. The van der Waals surface area contributed by atoms with E-state index in [4.69, 9.17) is 10.8 Å². The Labute approximate surface area is 86.7 Å². The molecule has 1 aromatic carbocycles. The van der Waals surface area contributed by atoms with Crippen molar-refractivity contribution in [3.05, 3.63) is 35.1 Å². The molecule has 1 saturated carbocycles. The lowest BCUT2D eigenvalue weighted by atomic mass is 10.0. The molecule has 1 unspecified atom stereocenters. The van der Waals surface area contributed by atoms with Crippen LogP contribution in [-0.2, 0) is 0 Å². The number of carboxylic acids is 1. The van der Waals surface area contributed by atoms with Crippen LogP contribution in [0.1, 0.15) is 34.8 Å². The number of hydrogen-bond acceptors (Lipinski definition) is 2. The molecule has 1 aliphatic rings. The van der Waals surface area contributed by atoms with Crippen molar-refractivity contribution in [2.24, 2.45) is 11.7 Å². The van der Waals surface area contributed by atoms with Gasteiger partial charge in [-0.1, -0.05) is 0 Å². The fourth-order valence-electron chi connectivity index (χ4n) is 1.64. The molecule has 1 atom stereocenters. The van der Waals surface area contributed by atoms with Gasteiger partial charge in [0.05, 0.1) is 5.56 Å². The van der Waals surface area contributed by atoms with Gasteiger partial charge in [0.1, 0.15) is 5.82 Å². The Morgan fingerprint density at radius 3 is 2.73 bits per heavy atom. The van der Waals surface area contributed by atoms with E-state index < -0.39 is 11.8 Å². The van der Waals surface area contributed by atoms with Crippen molar-refractivity contribution in [2.45, 2.75) is 18.9 Å². The zero-order valence-corrected chi connectivity index (χ0v) is 8.11. The Kier molecular flexibility index (Phi) is 2.44. The Hall–Kier alpha value is -1.42. The van der Waals surface area contributed by atoms with Crippen molar-refractivity contribution in [1.29, 1.82) is 0 Å². The summed E-state index contributed by atoms with van der Waals surface area (Å²) in [6.07, 6.45) is 2.00. The minimum atomic E-state index is -1.06. The number of halogens is 1. The number of hydrogen-bond donors (Lipinski definition) is 2. The van der Waals surface area contributed by atoms with E-state index in [1.54, 1.807) is 0 Å². The highest BCUT2D eigenvalue weighted by Crippen LogP contribution is 2.40. The molecule has 0 bridgehead atoms. The van der Waals surface area contributed by atoms with Crippen LogP contribution in [0.3, 0.4) is 0 Å². The summed E-state index contributed by atoms with van der Waals surface area (Å²) in [7, 11) is 0. The first-order valence-electron chi connectivity index (χ1n) is 4.88. The highest BCUT2D eigenvalue weighted by atomic mass is 19.1. The van der Waals surface area contributed by atoms with Crippen LogP contribution in [0.5, 0.6) is 0 Å². The minimum absolute atomic E-state index is 0.0856.